The molecular weight excluding hydrogens is 515 g/mol. The molecule has 9 heteroatoms. The predicted octanol–water partition coefficient (Wildman–Crippen LogP) is 2.13. The molecule has 39 heavy (non-hydrogen) atoms. The Morgan fingerprint density at radius 1 is 0.974 bits per heavy atom. The Bertz CT molecular complexity index is 1180. The van der Waals surface area contributed by atoms with Gasteiger partial charge in [0.2, 0.25) is 0 Å². The van der Waals surface area contributed by atoms with E-state index in [1.165, 1.54) is 31.4 Å². The van der Waals surface area contributed by atoms with Crippen LogP contribution in [0.2, 0.25) is 0 Å². The van der Waals surface area contributed by atoms with E-state index in [1.54, 1.807) is 42.5 Å². The molecule has 204 valence electrons. The van der Waals surface area contributed by atoms with Crippen molar-refractivity contribution in [3.8, 4) is 11.5 Å². The number of aliphatic carboxylic acids is 1. The molecule has 0 spiro atoms. The van der Waals surface area contributed by atoms with Crippen LogP contribution in [0.25, 0.3) is 0 Å². The minimum Gasteiger partial charge on any atom is -1.00 e. The first-order valence-electron chi connectivity index (χ1n) is 12.8. The van der Waals surface area contributed by atoms with E-state index in [9.17, 15) is 18.7 Å². The van der Waals surface area contributed by atoms with Gasteiger partial charge in [-0.2, -0.15) is 0 Å². The third kappa shape index (κ3) is 7.80. The maximum Gasteiger partial charge on any atom is 1.00 e. The number of nitrogens with zero attached hydrogens (tertiary/aromatic N) is 1. The van der Waals surface area contributed by atoms with Crippen LogP contribution in [0.5, 0.6) is 11.5 Å². The fourth-order valence-corrected chi connectivity index (χ4v) is 5.21. The Kier molecular flexibility index (Phi) is 11.3. The normalized spacial score (nSPS) is 14.5. The molecule has 0 unspecified atom stereocenters. The van der Waals surface area contributed by atoms with E-state index in [0.717, 1.165) is 38.9 Å². The van der Waals surface area contributed by atoms with Crippen molar-refractivity contribution in [1.29, 1.82) is 0 Å². The monoisotopic (exact) mass is 549 g/mol. The smallest absolute Gasteiger partial charge is 1.00 e. The zero-order chi connectivity index (χ0) is 27.1. The van der Waals surface area contributed by atoms with Crippen molar-refractivity contribution in [3.63, 3.8) is 0 Å². The molecule has 4 rings (SSSR count). The molecule has 0 bridgehead atoms. The number of benzene rings is 3. The van der Waals surface area contributed by atoms with E-state index in [-0.39, 0.29) is 55.0 Å². The third-order valence-corrected chi connectivity index (χ3v) is 7.21. The molecule has 0 amide bonds. The van der Waals surface area contributed by atoms with Gasteiger partial charge in [-0.05, 0) is 91.4 Å². The molecule has 0 aromatic heterocycles. The first-order valence-corrected chi connectivity index (χ1v) is 12.8. The topological polar surface area (TPSA) is 79.2 Å². The van der Waals surface area contributed by atoms with Crippen molar-refractivity contribution < 1.29 is 64.2 Å². The summed E-state index contributed by atoms with van der Waals surface area (Å²) in [6, 6.07) is 16.9. The number of hydrogen-bond donors (Lipinski definition) is 2. The number of rotatable bonds is 11. The molecule has 3 aromatic rings. The molecule has 1 fully saturated rings. The maximum atomic E-state index is 13.6. The molecule has 0 atom stereocenters. The van der Waals surface area contributed by atoms with Gasteiger partial charge in [-0.15, -0.1) is 0 Å². The first-order chi connectivity index (χ1) is 18.3. The van der Waals surface area contributed by atoms with Crippen LogP contribution in [-0.4, -0.2) is 54.4 Å². The summed E-state index contributed by atoms with van der Waals surface area (Å²) < 4.78 is 38.5. The molecule has 1 aliphatic rings. The molecular formula is C30H34F2NNaO5. The molecule has 1 saturated heterocycles. The van der Waals surface area contributed by atoms with Crippen LogP contribution in [0.4, 0.5) is 8.78 Å². The van der Waals surface area contributed by atoms with Crippen LogP contribution in [-0.2, 0) is 16.8 Å². The molecule has 1 heterocycles. The minimum atomic E-state index is -1.35. The standard InChI is InChI=1S/C30H33F2NO5.Na.H/c1-37-28-19-21(20-29(34)35)3-12-27(28)38-18-2-15-33-16-13-24(14-17-33)30(36,22-4-8-25(31)9-5-22)23-6-10-26(32)11-7-23;;/h3-12,19,24,36H,2,13-18,20H2,1H3,(H,34,35);;/q;+1;-1. The number of halogens is 2. The number of ether oxygens (including phenoxy) is 2. The van der Waals surface area contributed by atoms with Crippen molar-refractivity contribution in [1.82, 2.24) is 4.90 Å². The number of aliphatic hydroxyl groups is 1. The average molecular weight is 550 g/mol. The van der Waals surface area contributed by atoms with Gasteiger partial charge in [0.05, 0.1) is 20.1 Å². The van der Waals surface area contributed by atoms with Gasteiger partial charge in [0.1, 0.15) is 17.2 Å². The summed E-state index contributed by atoms with van der Waals surface area (Å²) in [6.45, 7) is 2.85. The summed E-state index contributed by atoms with van der Waals surface area (Å²) in [5.74, 6) is -0.686. The molecule has 1 aliphatic heterocycles. The van der Waals surface area contributed by atoms with E-state index in [1.807, 2.05) is 0 Å². The summed E-state index contributed by atoms with van der Waals surface area (Å²) in [4.78, 5) is 13.3. The van der Waals surface area contributed by atoms with Gasteiger partial charge in [-0.3, -0.25) is 4.79 Å². The largest absolute Gasteiger partial charge is 1.00 e. The average Bonchev–Trinajstić information content (AvgIpc) is 2.92. The van der Waals surface area contributed by atoms with Crippen molar-refractivity contribution in [2.45, 2.75) is 31.3 Å². The molecule has 0 aliphatic carbocycles. The van der Waals surface area contributed by atoms with E-state index < -0.39 is 11.6 Å². The van der Waals surface area contributed by atoms with Gasteiger partial charge in [0.15, 0.2) is 11.5 Å². The third-order valence-electron chi connectivity index (χ3n) is 7.21. The maximum absolute atomic E-state index is 13.6. The quantitative estimate of drug-likeness (QED) is 0.282. The van der Waals surface area contributed by atoms with Crippen LogP contribution in [0.15, 0.2) is 66.7 Å². The number of piperidine rings is 1. The van der Waals surface area contributed by atoms with E-state index in [2.05, 4.69) is 4.90 Å². The number of carboxylic acids is 1. The van der Waals surface area contributed by atoms with Crippen molar-refractivity contribution in [2.75, 3.05) is 33.4 Å². The SMILES string of the molecule is COc1cc(CC(=O)O)ccc1OCCCN1CCC(C(O)(c2ccc(F)cc2)c2ccc(F)cc2)CC1.[H-].[Na+]. The second-order valence-corrected chi connectivity index (χ2v) is 9.65. The second-order valence-electron chi connectivity index (χ2n) is 9.65. The van der Waals surface area contributed by atoms with E-state index in [0.29, 0.717) is 34.8 Å². The number of likely N-dealkylation sites (tertiary alicyclic amines) is 1. The molecule has 0 radical (unpaired) electrons. The Hall–Kier alpha value is -2.49. The fraction of sp³-hybridized carbons (Fsp3) is 0.367. The first kappa shape index (κ1) is 31.0. The fourth-order valence-electron chi connectivity index (χ4n) is 5.21. The molecule has 2 N–H and O–H groups in total. The zero-order valence-electron chi connectivity index (χ0n) is 23.4. The summed E-state index contributed by atoms with van der Waals surface area (Å²) in [5, 5.41) is 21.0. The van der Waals surface area contributed by atoms with Crippen molar-refractivity contribution in [2.24, 2.45) is 5.92 Å². The Balaban J connectivity index is 0.00000280. The van der Waals surface area contributed by atoms with Crippen LogP contribution in [0, 0.1) is 17.6 Å². The van der Waals surface area contributed by atoms with Gasteiger partial charge >= 0.3 is 35.5 Å². The van der Waals surface area contributed by atoms with Gasteiger partial charge in [-0.1, -0.05) is 30.3 Å². The second kappa shape index (κ2) is 14.2. The Morgan fingerprint density at radius 2 is 1.54 bits per heavy atom. The Morgan fingerprint density at radius 3 is 2.05 bits per heavy atom. The number of hydrogen-bond acceptors (Lipinski definition) is 5. The Labute approximate surface area is 251 Å². The van der Waals surface area contributed by atoms with Crippen molar-refractivity contribution >= 4 is 5.97 Å². The predicted molar refractivity (Wildman–Crippen MR) is 141 cm³/mol. The summed E-state index contributed by atoms with van der Waals surface area (Å²) >= 11 is 0. The summed E-state index contributed by atoms with van der Waals surface area (Å²) in [6.07, 6.45) is 2.16. The van der Waals surface area contributed by atoms with Gasteiger partial charge in [0.25, 0.3) is 0 Å². The van der Waals surface area contributed by atoms with Crippen LogP contribution >= 0.6 is 0 Å². The van der Waals surface area contributed by atoms with Crippen LogP contribution < -0.4 is 39.0 Å². The minimum absolute atomic E-state index is 0. The summed E-state index contributed by atoms with van der Waals surface area (Å²) in [5.41, 5.74) is 0.493. The number of methoxy groups -OCH3 is 1. The van der Waals surface area contributed by atoms with Crippen molar-refractivity contribution in [3.05, 3.63) is 95.1 Å². The molecule has 6 nitrogen and oxygen atoms in total. The van der Waals surface area contributed by atoms with E-state index >= 15 is 0 Å². The number of carbonyl (C=O) groups is 1. The van der Waals surface area contributed by atoms with Crippen LogP contribution in [0.3, 0.4) is 0 Å². The zero-order valence-corrected chi connectivity index (χ0v) is 24.4. The molecule has 0 saturated carbocycles. The molecule has 3 aromatic carbocycles. The van der Waals surface area contributed by atoms with E-state index in [4.69, 9.17) is 14.6 Å². The van der Waals surface area contributed by atoms with Gasteiger partial charge in [0, 0.05) is 6.54 Å². The number of carboxylic acid groups (broad SMARTS) is 1. The van der Waals surface area contributed by atoms with Gasteiger partial charge in [-0.25, -0.2) is 8.78 Å². The summed E-state index contributed by atoms with van der Waals surface area (Å²) in [7, 11) is 1.52. The van der Waals surface area contributed by atoms with Crippen LogP contribution in [0.1, 0.15) is 37.4 Å². The van der Waals surface area contributed by atoms with Gasteiger partial charge < -0.3 is 26.0 Å².